The zero-order valence-corrected chi connectivity index (χ0v) is 17.3. The van der Waals surface area contributed by atoms with Crippen LogP contribution >= 0.6 is 0 Å². The summed E-state index contributed by atoms with van der Waals surface area (Å²) in [5.41, 5.74) is 2.48. The predicted molar refractivity (Wildman–Crippen MR) is 113 cm³/mol. The number of alkyl halides is 2. The Morgan fingerprint density at radius 2 is 1.84 bits per heavy atom. The second kappa shape index (κ2) is 8.91. The van der Waals surface area contributed by atoms with Crippen molar-refractivity contribution >= 4 is 23.2 Å². The summed E-state index contributed by atoms with van der Waals surface area (Å²) >= 11 is 0. The predicted octanol–water partition coefficient (Wildman–Crippen LogP) is 3.34. The summed E-state index contributed by atoms with van der Waals surface area (Å²) in [6, 6.07) is 14.1. The van der Waals surface area contributed by atoms with E-state index in [1.165, 1.54) is 6.07 Å². The monoisotopic (exact) mass is 429 g/mol. The molecule has 6 nitrogen and oxygen atoms in total. The minimum absolute atomic E-state index is 0.115. The van der Waals surface area contributed by atoms with E-state index in [-0.39, 0.29) is 23.6 Å². The summed E-state index contributed by atoms with van der Waals surface area (Å²) in [7, 11) is 0. The van der Waals surface area contributed by atoms with Gasteiger partial charge in [0.25, 0.3) is 0 Å². The van der Waals surface area contributed by atoms with Crippen LogP contribution in [0.1, 0.15) is 18.4 Å². The summed E-state index contributed by atoms with van der Waals surface area (Å²) in [6.45, 7) is 0.661. The Kier molecular flexibility index (Phi) is 6.06. The Bertz CT molecular complexity index is 951. The minimum atomic E-state index is -2.90. The average molecular weight is 429 g/mol. The maximum atomic E-state index is 12.8. The number of anilines is 2. The Hall–Kier alpha value is -3.16. The summed E-state index contributed by atoms with van der Waals surface area (Å²) in [5, 5.41) is 2.98. The van der Waals surface area contributed by atoms with Gasteiger partial charge in [-0.3, -0.25) is 9.59 Å². The van der Waals surface area contributed by atoms with E-state index in [2.05, 4.69) is 10.1 Å². The lowest BCUT2D eigenvalue weighted by atomic mass is 10.1. The molecule has 2 heterocycles. The van der Waals surface area contributed by atoms with Crippen LogP contribution in [0.2, 0.25) is 0 Å². The highest BCUT2D eigenvalue weighted by Crippen LogP contribution is 2.32. The summed E-state index contributed by atoms with van der Waals surface area (Å²) in [4.78, 5) is 29.2. The highest BCUT2D eigenvalue weighted by atomic mass is 19.3. The zero-order chi connectivity index (χ0) is 22.0. The molecule has 2 aliphatic rings. The molecule has 2 aromatic rings. The van der Waals surface area contributed by atoms with Crippen molar-refractivity contribution < 1.29 is 23.1 Å². The highest BCUT2D eigenvalue weighted by molar-refractivity contribution is 6.09. The van der Waals surface area contributed by atoms with Gasteiger partial charge in [-0.1, -0.05) is 29.8 Å². The lowest BCUT2D eigenvalue weighted by Gasteiger charge is -2.22. The first-order valence-corrected chi connectivity index (χ1v) is 10.4. The van der Waals surface area contributed by atoms with E-state index >= 15 is 0 Å². The van der Waals surface area contributed by atoms with Crippen LogP contribution in [0.4, 0.5) is 20.2 Å². The fraction of sp³-hybridized carbons (Fsp3) is 0.391. The molecule has 164 valence electrons. The highest BCUT2D eigenvalue weighted by Gasteiger charge is 2.39. The second-order valence-corrected chi connectivity index (χ2v) is 7.95. The van der Waals surface area contributed by atoms with Gasteiger partial charge >= 0.3 is 6.61 Å². The molecule has 0 aromatic heterocycles. The third-order valence-corrected chi connectivity index (χ3v) is 5.82. The average Bonchev–Trinajstić information content (AvgIpc) is 3.35. The van der Waals surface area contributed by atoms with Gasteiger partial charge in [-0.25, -0.2) is 0 Å². The molecule has 0 bridgehead atoms. The number of benzene rings is 2. The van der Waals surface area contributed by atoms with Crippen molar-refractivity contribution in [2.45, 2.75) is 32.4 Å². The van der Waals surface area contributed by atoms with Crippen LogP contribution < -0.4 is 19.9 Å². The summed E-state index contributed by atoms with van der Waals surface area (Å²) in [5.74, 6) is -1.05. The van der Waals surface area contributed by atoms with E-state index < -0.39 is 12.5 Å². The maximum Gasteiger partial charge on any atom is 0.387 e. The van der Waals surface area contributed by atoms with Crippen LogP contribution in [0.25, 0.3) is 0 Å². The molecule has 2 aromatic carbocycles. The van der Waals surface area contributed by atoms with Gasteiger partial charge in [0.2, 0.25) is 11.8 Å². The minimum Gasteiger partial charge on any atom is -0.433 e. The molecule has 0 spiro atoms. The van der Waals surface area contributed by atoms with Gasteiger partial charge in [0.1, 0.15) is 11.7 Å². The summed E-state index contributed by atoms with van der Waals surface area (Å²) in [6.07, 6.45) is 1.14. The zero-order valence-electron chi connectivity index (χ0n) is 17.3. The Morgan fingerprint density at radius 3 is 2.58 bits per heavy atom. The SMILES string of the molecule is Cc1ccc(N2CCC(C(=O)NC3CCN(c4ccccc4OC(F)F)C3)C2=O)cc1. The third kappa shape index (κ3) is 4.62. The molecule has 2 amide bonds. The second-order valence-electron chi connectivity index (χ2n) is 7.95. The fourth-order valence-electron chi connectivity index (χ4n) is 4.22. The van der Waals surface area contributed by atoms with Gasteiger partial charge < -0.3 is 19.9 Å². The molecule has 31 heavy (non-hydrogen) atoms. The number of aryl methyl sites for hydroxylation is 1. The number of carbonyl (C=O) groups excluding carboxylic acids is 2. The number of para-hydroxylation sites is 2. The number of halogens is 2. The lowest BCUT2D eigenvalue weighted by Crippen LogP contribution is -2.43. The van der Waals surface area contributed by atoms with E-state index in [0.29, 0.717) is 38.2 Å². The van der Waals surface area contributed by atoms with E-state index in [9.17, 15) is 18.4 Å². The molecule has 2 aliphatic heterocycles. The number of ether oxygens (including phenoxy) is 1. The Labute approximate surface area is 179 Å². The van der Waals surface area contributed by atoms with Gasteiger partial charge in [0.05, 0.1) is 5.69 Å². The van der Waals surface area contributed by atoms with E-state index in [1.54, 1.807) is 23.1 Å². The van der Waals surface area contributed by atoms with Gasteiger partial charge in [-0.15, -0.1) is 0 Å². The molecular weight excluding hydrogens is 404 g/mol. The summed E-state index contributed by atoms with van der Waals surface area (Å²) < 4.78 is 30.0. The standard InChI is InChI=1S/C23H25F2N3O3/c1-15-6-8-17(9-7-15)28-13-11-18(22(28)30)21(29)26-16-10-12-27(14-16)19-4-2-3-5-20(19)31-23(24)25/h2-9,16,18,23H,10-14H2,1H3,(H,26,29). The number of hydrogen-bond donors (Lipinski definition) is 1. The van der Waals surface area contributed by atoms with Gasteiger partial charge in [-0.2, -0.15) is 8.78 Å². The van der Waals surface area contributed by atoms with Crippen molar-refractivity contribution in [2.75, 3.05) is 29.4 Å². The van der Waals surface area contributed by atoms with Crippen molar-refractivity contribution in [3.05, 3.63) is 54.1 Å². The first kappa shape index (κ1) is 21.1. The van der Waals surface area contributed by atoms with Crippen LogP contribution in [-0.2, 0) is 9.59 Å². The van der Waals surface area contributed by atoms with Crippen LogP contribution in [0.3, 0.4) is 0 Å². The molecule has 2 fully saturated rings. The number of rotatable bonds is 6. The van der Waals surface area contributed by atoms with E-state index in [0.717, 1.165) is 11.3 Å². The Morgan fingerprint density at radius 1 is 1.10 bits per heavy atom. The fourth-order valence-corrected chi connectivity index (χ4v) is 4.22. The number of hydrogen-bond acceptors (Lipinski definition) is 4. The lowest BCUT2D eigenvalue weighted by molar-refractivity contribution is -0.132. The normalized spacial score (nSPS) is 21.1. The molecule has 4 rings (SSSR count). The molecule has 2 saturated heterocycles. The molecule has 2 atom stereocenters. The quantitative estimate of drug-likeness (QED) is 0.716. The molecule has 2 unspecified atom stereocenters. The van der Waals surface area contributed by atoms with Crippen LogP contribution in [0.15, 0.2) is 48.5 Å². The molecule has 0 saturated carbocycles. The molecule has 0 aliphatic carbocycles. The molecule has 8 heteroatoms. The van der Waals surface area contributed by atoms with Gasteiger partial charge in [0.15, 0.2) is 0 Å². The van der Waals surface area contributed by atoms with Crippen molar-refractivity contribution in [3.8, 4) is 5.75 Å². The maximum absolute atomic E-state index is 12.8. The van der Waals surface area contributed by atoms with E-state index in [1.807, 2.05) is 36.1 Å². The number of nitrogens with zero attached hydrogens (tertiary/aromatic N) is 2. The molecular formula is C23H25F2N3O3. The first-order chi connectivity index (χ1) is 14.9. The van der Waals surface area contributed by atoms with Gasteiger partial charge in [-0.05, 0) is 44.0 Å². The van der Waals surface area contributed by atoms with Crippen LogP contribution in [0.5, 0.6) is 5.75 Å². The largest absolute Gasteiger partial charge is 0.433 e. The Balaban J connectivity index is 1.36. The van der Waals surface area contributed by atoms with Crippen LogP contribution in [0, 0.1) is 12.8 Å². The number of nitrogens with one attached hydrogen (secondary N) is 1. The smallest absolute Gasteiger partial charge is 0.387 e. The third-order valence-electron chi connectivity index (χ3n) is 5.82. The van der Waals surface area contributed by atoms with Crippen LogP contribution in [-0.4, -0.2) is 44.1 Å². The van der Waals surface area contributed by atoms with Crippen molar-refractivity contribution in [1.29, 1.82) is 0 Å². The van der Waals surface area contributed by atoms with Crippen molar-refractivity contribution in [2.24, 2.45) is 5.92 Å². The topological polar surface area (TPSA) is 61.9 Å². The van der Waals surface area contributed by atoms with Crippen molar-refractivity contribution in [1.82, 2.24) is 5.32 Å². The number of carbonyl (C=O) groups is 2. The van der Waals surface area contributed by atoms with Gasteiger partial charge in [0, 0.05) is 31.4 Å². The number of amides is 2. The van der Waals surface area contributed by atoms with E-state index in [4.69, 9.17) is 0 Å². The van der Waals surface area contributed by atoms with Crippen molar-refractivity contribution in [3.63, 3.8) is 0 Å². The first-order valence-electron chi connectivity index (χ1n) is 10.4. The molecule has 0 radical (unpaired) electrons. The molecule has 1 N–H and O–H groups in total.